The van der Waals surface area contributed by atoms with Gasteiger partial charge >= 0.3 is 0 Å². The molecule has 1 heterocycles. The maximum Gasteiger partial charge on any atom is 0.252 e. The van der Waals surface area contributed by atoms with Gasteiger partial charge in [-0.05, 0) is 60.0 Å². The van der Waals surface area contributed by atoms with Crippen LogP contribution < -0.4 is 10.1 Å². The fourth-order valence-corrected chi connectivity index (χ4v) is 4.29. The van der Waals surface area contributed by atoms with Crippen molar-refractivity contribution in [3.63, 3.8) is 0 Å². The minimum absolute atomic E-state index is 0.0295. The van der Waals surface area contributed by atoms with Crippen LogP contribution in [-0.2, 0) is 22.5 Å². The molecule has 9 nitrogen and oxygen atoms in total. The molecule has 1 amide bonds. The van der Waals surface area contributed by atoms with E-state index in [1.54, 1.807) is 55.5 Å². The summed E-state index contributed by atoms with van der Waals surface area (Å²) in [5, 5.41) is 15.4. The maximum absolute atomic E-state index is 13.7. The van der Waals surface area contributed by atoms with Gasteiger partial charge in [0.05, 0.1) is 6.61 Å². The van der Waals surface area contributed by atoms with E-state index in [-0.39, 0.29) is 31.0 Å². The first kappa shape index (κ1) is 27.6. The van der Waals surface area contributed by atoms with Crippen molar-refractivity contribution in [2.45, 2.75) is 38.0 Å². The first-order valence-corrected chi connectivity index (χ1v) is 12.3. The fraction of sp³-hybridized carbons (Fsp3) is 0.286. The summed E-state index contributed by atoms with van der Waals surface area (Å²) >= 11 is 0. The lowest BCUT2D eigenvalue weighted by Gasteiger charge is -2.28. The molecule has 0 spiro atoms. The Kier molecular flexibility index (Phi) is 8.75. The second-order valence-electron chi connectivity index (χ2n) is 9.01. The third-order valence-electron chi connectivity index (χ3n) is 6.31. The van der Waals surface area contributed by atoms with Crippen LogP contribution in [0.1, 0.15) is 30.0 Å². The van der Waals surface area contributed by atoms with E-state index in [0.717, 1.165) is 18.2 Å². The average molecular weight is 536 g/mol. The van der Waals surface area contributed by atoms with Gasteiger partial charge in [0, 0.05) is 48.2 Å². The number of halogens is 2. The van der Waals surface area contributed by atoms with Crippen molar-refractivity contribution in [2.75, 3.05) is 13.2 Å². The molecule has 2 N–H and O–H groups in total. The summed E-state index contributed by atoms with van der Waals surface area (Å²) in [6.45, 7) is 1.97. The molecular weight excluding hydrogens is 508 g/mol. The predicted octanol–water partition coefficient (Wildman–Crippen LogP) is 5.13. The van der Waals surface area contributed by atoms with Gasteiger partial charge in [0.15, 0.2) is 5.54 Å². The van der Waals surface area contributed by atoms with E-state index in [2.05, 4.69) is 15.3 Å². The number of amides is 1. The van der Waals surface area contributed by atoms with Gasteiger partial charge < -0.3 is 19.9 Å². The lowest BCUT2D eigenvalue weighted by Crippen LogP contribution is -2.52. The van der Waals surface area contributed by atoms with Gasteiger partial charge in [-0.3, -0.25) is 4.79 Å². The molecule has 0 radical (unpaired) electrons. The average Bonchev–Trinajstić information content (AvgIpc) is 3.25. The molecule has 0 aliphatic carbocycles. The van der Waals surface area contributed by atoms with Crippen LogP contribution in [0.4, 0.5) is 14.5 Å². The number of aliphatic hydroxyl groups excluding tert-OH is 1. The van der Waals surface area contributed by atoms with E-state index < -0.39 is 29.2 Å². The highest BCUT2D eigenvalue weighted by Gasteiger charge is 2.50. The molecule has 0 saturated carbocycles. The summed E-state index contributed by atoms with van der Waals surface area (Å²) in [6.07, 6.45) is -0.193. The van der Waals surface area contributed by atoms with Crippen LogP contribution in [0.5, 0.6) is 5.75 Å². The summed E-state index contributed by atoms with van der Waals surface area (Å²) in [6, 6.07) is 16.8. The van der Waals surface area contributed by atoms with Gasteiger partial charge in [-0.15, -0.1) is 0 Å². The first-order valence-electron chi connectivity index (χ1n) is 12.3. The van der Waals surface area contributed by atoms with Crippen LogP contribution in [0, 0.1) is 11.6 Å². The number of nitrogens with zero attached hydrogens (tertiary/aromatic N) is 4. The molecule has 1 aliphatic heterocycles. The van der Waals surface area contributed by atoms with Crippen molar-refractivity contribution in [3.8, 4) is 5.75 Å². The molecule has 0 fully saturated rings. The standard InChI is InChI=1S/C28H27F2N5O4/c1-18-28(16-21-5-2-3-6-25(21)34-35-31,27(37)32-17-19-13-22(29)15-23(30)14-19)33-26(39-18)20-7-9-24(10-8-20)38-12-4-11-36/h2-3,5-10,13-15,18,36H,4,11-12,16-17H2,1H3,(H,32,37)/t18-,28-/m1/s1. The molecule has 0 bridgehead atoms. The van der Waals surface area contributed by atoms with Crippen molar-refractivity contribution in [1.82, 2.24) is 5.32 Å². The van der Waals surface area contributed by atoms with Gasteiger partial charge in [-0.2, -0.15) is 0 Å². The van der Waals surface area contributed by atoms with E-state index in [1.807, 2.05) is 0 Å². The number of benzene rings is 3. The SMILES string of the molecule is C[C@H]1OC(c2ccc(OCCCO)cc2)=N[C@@]1(Cc1ccccc1N=[N+]=[N-])C(=O)NCc1cc(F)cc(F)c1. The Balaban J connectivity index is 1.66. The number of carbonyl (C=O) groups is 1. The number of ether oxygens (including phenoxy) is 2. The number of aliphatic imine (C=N–C) groups is 1. The van der Waals surface area contributed by atoms with Gasteiger partial charge in [0.1, 0.15) is 23.5 Å². The second-order valence-corrected chi connectivity index (χ2v) is 9.01. The topological polar surface area (TPSA) is 129 Å². The lowest BCUT2D eigenvalue weighted by atomic mass is 9.85. The third-order valence-corrected chi connectivity index (χ3v) is 6.31. The molecular formula is C28H27F2N5O4. The summed E-state index contributed by atoms with van der Waals surface area (Å²) in [5.41, 5.74) is 9.32. The van der Waals surface area contributed by atoms with Gasteiger partial charge in [-0.25, -0.2) is 13.8 Å². The number of aliphatic hydroxyl groups is 1. The Morgan fingerprint density at radius 2 is 1.90 bits per heavy atom. The molecule has 202 valence electrons. The number of hydrogen-bond acceptors (Lipinski definition) is 6. The van der Waals surface area contributed by atoms with Crippen molar-refractivity contribution in [3.05, 3.63) is 105 Å². The largest absolute Gasteiger partial charge is 0.494 e. The summed E-state index contributed by atoms with van der Waals surface area (Å²) < 4.78 is 39.0. The molecule has 0 aromatic heterocycles. The summed E-state index contributed by atoms with van der Waals surface area (Å²) in [4.78, 5) is 21.4. The van der Waals surface area contributed by atoms with Crippen molar-refractivity contribution in [1.29, 1.82) is 0 Å². The van der Waals surface area contributed by atoms with E-state index >= 15 is 0 Å². The van der Waals surface area contributed by atoms with E-state index in [0.29, 0.717) is 35.6 Å². The van der Waals surface area contributed by atoms with Gasteiger partial charge in [0.25, 0.3) is 5.91 Å². The minimum atomic E-state index is -1.47. The zero-order valence-electron chi connectivity index (χ0n) is 21.2. The van der Waals surface area contributed by atoms with Crippen LogP contribution in [0.3, 0.4) is 0 Å². The van der Waals surface area contributed by atoms with Crippen LogP contribution in [0.25, 0.3) is 10.4 Å². The third kappa shape index (κ3) is 6.51. The molecule has 1 aliphatic rings. The van der Waals surface area contributed by atoms with E-state index in [4.69, 9.17) is 25.1 Å². The lowest BCUT2D eigenvalue weighted by molar-refractivity contribution is -0.128. The highest BCUT2D eigenvalue weighted by atomic mass is 19.1. The number of rotatable bonds is 11. The number of azide groups is 1. The van der Waals surface area contributed by atoms with Crippen LogP contribution >= 0.6 is 0 Å². The van der Waals surface area contributed by atoms with Crippen molar-refractivity contribution < 1.29 is 28.2 Å². The summed E-state index contributed by atoms with van der Waals surface area (Å²) in [5.74, 6) is -1.18. The van der Waals surface area contributed by atoms with Crippen LogP contribution in [0.15, 0.2) is 76.8 Å². The Labute approximate surface area is 223 Å². The molecule has 0 saturated heterocycles. The number of nitrogens with one attached hydrogen (secondary N) is 1. The normalized spacial score (nSPS) is 18.1. The Bertz CT molecular complexity index is 1390. The first-order chi connectivity index (χ1) is 18.8. The Hall–Kier alpha value is -4.47. The van der Waals surface area contributed by atoms with Crippen molar-refractivity contribution in [2.24, 2.45) is 10.1 Å². The Morgan fingerprint density at radius 1 is 1.18 bits per heavy atom. The Morgan fingerprint density at radius 3 is 2.59 bits per heavy atom. The quantitative estimate of drug-likeness (QED) is 0.153. The maximum atomic E-state index is 13.7. The molecule has 39 heavy (non-hydrogen) atoms. The number of carbonyl (C=O) groups excluding carboxylic acids is 1. The highest BCUT2D eigenvalue weighted by molar-refractivity contribution is 6.01. The van der Waals surface area contributed by atoms with E-state index in [9.17, 15) is 13.6 Å². The van der Waals surface area contributed by atoms with Gasteiger partial charge in [0.2, 0.25) is 5.90 Å². The van der Waals surface area contributed by atoms with E-state index in [1.165, 1.54) is 0 Å². The molecule has 3 aromatic rings. The smallest absolute Gasteiger partial charge is 0.252 e. The fourth-order valence-electron chi connectivity index (χ4n) is 4.29. The zero-order chi connectivity index (χ0) is 27.8. The predicted molar refractivity (Wildman–Crippen MR) is 141 cm³/mol. The molecule has 11 heteroatoms. The minimum Gasteiger partial charge on any atom is -0.494 e. The zero-order valence-corrected chi connectivity index (χ0v) is 21.2. The molecule has 3 aromatic carbocycles. The number of hydrogen-bond donors (Lipinski definition) is 2. The second kappa shape index (κ2) is 12.4. The van der Waals surface area contributed by atoms with Crippen molar-refractivity contribution >= 4 is 17.5 Å². The van der Waals surface area contributed by atoms with Crippen LogP contribution in [0.2, 0.25) is 0 Å². The highest BCUT2D eigenvalue weighted by Crippen LogP contribution is 2.35. The van der Waals surface area contributed by atoms with Crippen LogP contribution in [-0.4, -0.2) is 41.8 Å². The molecule has 0 unspecified atom stereocenters. The van der Waals surface area contributed by atoms with Gasteiger partial charge in [-0.1, -0.05) is 29.4 Å². The summed E-state index contributed by atoms with van der Waals surface area (Å²) in [7, 11) is 0. The molecule has 2 atom stereocenters. The monoisotopic (exact) mass is 535 g/mol. The molecule has 4 rings (SSSR count).